The zero-order valence-corrected chi connectivity index (χ0v) is 10.5. The second-order valence-electron chi connectivity index (χ2n) is 3.40. The minimum absolute atomic E-state index is 0.218. The maximum atomic E-state index is 6.01. The predicted molar refractivity (Wildman–Crippen MR) is 66.2 cm³/mol. The molecule has 0 aliphatic heterocycles. The first-order valence-electron chi connectivity index (χ1n) is 5.59. The van der Waals surface area contributed by atoms with Gasteiger partial charge in [0.25, 0.3) is 0 Å². The van der Waals surface area contributed by atoms with Gasteiger partial charge in [-0.15, -0.1) is 11.6 Å². The SMILES string of the molecule is CCOc1cncc(NCCC(Cl)CC)n1. The van der Waals surface area contributed by atoms with Crippen LogP contribution in [0.1, 0.15) is 26.7 Å². The molecular weight excluding hydrogens is 226 g/mol. The van der Waals surface area contributed by atoms with Crippen LogP contribution in [-0.4, -0.2) is 28.5 Å². The van der Waals surface area contributed by atoms with E-state index in [1.165, 1.54) is 0 Å². The molecule has 0 radical (unpaired) electrons. The van der Waals surface area contributed by atoms with Crippen LogP contribution < -0.4 is 10.1 Å². The van der Waals surface area contributed by atoms with Gasteiger partial charge in [0.15, 0.2) is 0 Å². The van der Waals surface area contributed by atoms with Crippen molar-refractivity contribution in [1.29, 1.82) is 0 Å². The van der Waals surface area contributed by atoms with Gasteiger partial charge in [-0.05, 0) is 19.8 Å². The highest BCUT2D eigenvalue weighted by Crippen LogP contribution is 2.10. The molecule has 90 valence electrons. The molecule has 16 heavy (non-hydrogen) atoms. The van der Waals surface area contributed by atoms with E-state index in [0.717, 1.165) is 25.2 Å². The Morgan fingerprint density at radius 3 is 2.94 bits per heavy atom. The number of hydrogen-bond donors (Lipinski definition) is 1. The van der Waals surface area contributed by atoms with E-state index in [2.05, 4.69) is 22.2 Å². The predicted octanol–water partition coefficient (Wildman–Crippen LogP) is 2.69. The van der Waals surface area contributed by atoms with Crippen molar-refractivity contribution in [3.05, 3.63) is 12.4 Å². The summed E-state index contributed by atoms with van der Waals surface area (Å²) in [6, 6.07) is 0. The molecule has 0 amide bonds. The summed E-state index contributed by atoms with van der Waals surface area (Å²) >= 11 is 6.01. The summed E-state index contributed by atoms with van der Waals surface area (Å²) in [5.74, 6) is 1.27. The molecule has 0 saturated heterocycles. The number of anilines is 1. The maximum Gasteiger partial charge on any atom is 0.234 e. The molecule has 1 aromatic heterocycles. The fraction of sp³-hybridized carbons (Fsp3) is 0.636. The number of alkyl halides is 1. The van der Waals surface area contributed by atoms with E-state index in [1.807, 2.05) is 6.92 Å². The summed E-state index contributed by atoms with van der Waals surface area (Å²) in [6.07, 6.45) is 5.18. The fourth-order valence-electron chi connectivity index (χ4n) is 1.21. The van der Waals surface area contributed by atoms with Crippen molar-refractivity contribution in [2.75, 3.05) is 18.5 Å². The molecule has 0 bridgehead atoms. The Labute approximate surface area is 101 Å². The topological polar surface area (TPSA) is 47.0 Å². The first kappa shape index (κ1) is 13.0. The van der Waals surface area contributed by atoms with Crippen LogP contribution in [0.5, 0.6) is 5.88 Å². The van der Waals surface area contributed by atoms with E-state index >= 15 is 0 Å². The summed E-state index contributed by atoms with van der Waals surface area (Å²) in [5.41, 5.74) is 0. The average Bonchev–Trinajstić information content (AvgIpc) is 2.30. The molecule has 0 aromatic carbocycles. The van der Waals surface area contributed by atoms with Crippen molar-refractivity contribution < 1.29 is 4.74 Å². The lowest BCUT2D eigenvalue weighted by Gasteiger charge is -2.09. The van der Waals surface area contributed by atoms with E-state index in [4.69, 9.17) is 16.3 Å². The van der Waals surface area contributed by atoms with Crippen molar-refractivity contribution in [3.8, 4) is 5.88 Å². The van der Waals surface area contributed by atoms with Gasteiger partial charge in [-0.3, -0.25) is 4.98 Å². The normalized spacial score (nSPS) is 12.2. The number of aromatic nitrogens is 2. The molecule has 1 aromatic rings. The minimum atomic E-state index is 0.218. The van der Waals surface area contributed by atoms with Gasteiger partial charge in [-0.1, -0.05) is 6.92 Å². The highest BCUT2D eigenvalue weighted by Gasteiger charge is 2.02. The minimum Gasteiger partial charge on any atom is -0.477 e. The average molecular weight is 244 g/mol. The lowest BCUT2D eigenvalue weighted by Crippen LogP contribution is -2.09. The van der Waals surface area contributed by atoms with Crippen LogP contribution in [0.25, 0.3) is 0 Å². The Morgan fingerprint density at radius 2 is 2.25 bits per heavy atom. The molecule has 0 fully saturated rings. The van der Waals surface area contributed by atoms with Crippen LogP contribution in [-0.2, 0) is 0 Å². The molecule has 0 aliphatic carbocycles. The Hall–Kier alpha value is -1.03. The maximum absolute atomic E-state index is 6.01. The molecule has 1 N–H and O–H groups in total. The van der Waals surface area contributed by atoms with E-state index in [1.54, 1.807) is 12.4 Å². The van der Waals surface area contributed by atoms with Crippen LogP contribution in [0.3, 0.4) is 0 Å². The molecule has 1 atom stereocenters. The van der Waals surface area contributed by atoms with Gasteiger partial charge in [-0.25, -0.2) is 0 Å². The van der Waals surface area contributed by atoms with Crippen molar-refractivity contribution in [2.45, 2.75) is 32.1 Å². The van der Waals surface area contributed by atoms with E-state index in [9.17, 15) is 0 Å². The molecule has 1 heterocycles. The Bertz CT molecular complexity index is 309. The molecule has 0 saturated carbocycles. The zero-order valence-electron chi connectivity index (χ0n) is 9.74. The third-order valence-corrected chi connectivity index (χ3v) is 2.64. The highest BCUT2D eigenvalue weighted by molar-refractivity contribution is 6.20. The van der Waals surface area contributed by atoms with E-state index < -0.39 is 0 Å². The smallest absolute Gasteiger partial charge is 0.234 e. The largest absolute Gasteiger partial charge is 0.477 e. The Balaban J connectivity index is 2.38. The summed E-state index contributed by atoms with van der Waals surface area (Å²) in [4.78, 5) is 8.28. The van der Waals surface area contributed by atoms with Gasteiger partial charge in [-0.2, -0.15) is 4.98 Å². The standard InChI is InChI=1S/C11H18ClN3O/c1-3-9(12)5-6-14-10-7-13-8-11(15-10)16-4-2/h7-9H,3-6H2,1-2H3,(H,14,15). The second-order valence-corrected chi connectivity index (χ2v) is 4.01. The number of halogens is 1. The summed E-state index contributed by atoms with van der Waals surface area (Å²) in [5, 5.41) is 3.39. The quantitative estimate of drug-likeness (QED) is 0.748. The second kappa shape index (κ2) is 7.28. The van der Waals surface area contributed by atoms with Gasteiger partial charge in [0, 0.05) is 11.9 Å². The van der Waals surface area contributed by atoms with Crippen molar-refractivity contribution in [1.82, 2.24) is 9.97 Å². The summed E-state index contributed by atoms with van der Waals surface area (Å²) in [6.45, 7) is 5.39. The zero-order chi connectivity index (χ0) is 11.8. The number of rotatable bonds is 7. The Kier molecular flexibility index (Phi) is 5.93. The summed E-state index contributed by atoms with van der Waals surface area (Å²) < 4.78 is 5.26. The molecule has 4 nitrogen and oxygen atoms in total. The van der Waals surface area contributed by atoms with Crippen LogP contribution >= 0.6 is 11.6 Å². The first-order chi connectivity index (χ1) is 7.76. The monoisotopic (exact) mass is 243 g/mol. The number of hydrogen-bond acceptors (Lipinski definition) is 4. The number of nitrogens with zero attached hydrogens (tertiary/aromatic N) is 2. The molecular formula is C11H18ClN3O. The Morgan fingerprint density at radius 1 is 1.44 bits per heavy atom. The van der Waals surface area contributed by atoms with Crippen LogP contribution in [0.4, 0.5) is 5.82 Å². The van der Waals surface area contributed by atoms with Gasteiger partial charge < -0.3 is 10.1 Å². The van der Waals surface area contributed by atoms with Crippen molar-refractivity contribution in [3.63, 3.8) is 0 Å². The fourth-order valence-corrected chi connectivity index (χ4v) is 1.32. The molecule has 1 rings (SSSR count). The molecule has 5 heteroatoms. The number of nitrogens with one attached hydrogen (secondary N) is 1. The van der Waals surface area contributed by atoms with Crippen LogP contribution in [0.15, 0.2) is 12.4 Å². The molecule has 0 aliphatic rings. The molecule has 0 spiro atoms. The van der Waals surface area contributed by atoms with Gasteiger partial charge in [0.05, 0.1) is 19.0 Å². The van der Waals surface area contributed by atoms with Gasteiger partial charge in [0.1, 0.15) is 5.82 Å². The third-order valence-electron chi connectivity index (χ3n) is 2.11. The third kappa shape index (κ3) is 4.66. The molecule has 1 unspecified atom stereocenters. The lowest BCUT2D eigenvalue weighted by molar-refractivity contribution is 0.325. The first-order valence-corrected chi connectivity index (χ1v) is 6.02. The van der Waals surface area contributed by atoms with Crippen molar-refractivity contribution in [2.24, 2.45) is 0 Å². The van der Waals surface area contributed by atoms with Crippen LogP contribution in [0.2, 0.25) is 0 Å². The lowest BCUT2D eigenvalue weighted by atomic mass is 10.2. The van der Waals surface area contributed by atoms with E-state index in [-0.39, 0.29) is 5.38 Å². The highest BCUT2D eigenvalue weighted by atomic mass is 35.5. The summed E-state index contributed by atoms with van der Waals surface area (Å²) in [7, 11) is 0. The number of ether oxygens (including phenoxy) is 1. The van der Waals surface area contributed by atoms with Crippen molar-refractivity contribution >= 4 is 17.4 Å². The van der Waals surface area contributed by atoms with E-state index in [0.29, 0.717) is 12.5 Å². The van der Waals surface area contributed by atoms with Gasteiger partial charge in [0.2, 0.25) is 5.88 Å². The van der Waals surface area contributed by atoms with Gasteiger partial charge >= 0.3 is 0 Å². The van der Waals surface area contributed by atoms with Crippen LogP contribution in [0, 0.1) is 0 Å².